The minimum Gasteiger partial charge on any atom is -0.361 e. The van der Waals surface area contributed by atoms with Gasteiger partial charge in [-0.1, -0.05) is 12.5 Å². The highest BCUT2D eigenvalue weighted by Gasteiger charge is 2.37. The Labute approximate surface area is 95.8 Å². The number of aromatic nitrogens is 1. The van der Waals surface area contributed by atoms with Crippen molar-refractivity contribution in [1.82, 2.24) is 4.98 Å². The van der Waals surface area contributed by atoms with E-state index in [4.69, 9.17) is 5.73 Å². The van der Waals surface area contributed by atoms with Gasteiger partial charge in [-0.25, -0.2) is 0 Å². The number of benzene rings is 1. The van der Waals surface area contributed by atoms with Gasteiger partial charge in [0.2, 0.25) is 0 Å². The summed E-state index contributed by atoms with van der Waals surface area (Å²) >= 11 is 0. The molecular formula is C14H18N2. The molecule has 0 amide bonds. The van der Waals surface area contributed by atoms with Crippen molar-refractivity contribution in [2.75, 3.05) is 6.54 Å². The predicted octanol–water partition coefficient (Wildman–Crippen LogP) is 2.94. The zero-order chi connectivity index (χ0) is 11.0. The number of nitrogens with two attached hydrogens (primary N) is 1. The summed E-state index contributed by atoms with van der Waals surface area (Å²) in [5.74, 6) is 0. The molecule has 1 aromatic heterocycles. The summed E-state index contributed by atoms with van der Waals surface area (Å²) in [4.78, 5) is 3.24. The van der Waals surface area contributed by atoms with E-state index in [1.54, 1.807) is 0 Å². The van der Waals surface area contributed by atoms with Crippen molar-refractivity contribution in [1.29, 1.82) is 0 Å². The maximum Gasteiger partial charge on any atom is 0.0454 e. The first-order valence-corrected chi connectivity index (χ1v) is 6.12. The van der Waals surface area contributed by atoms with Gasteiger partial charge in [-0.3, -0.25) is 0 Å². The number of rotatable bonds is 3. The molecule has 2 nitrogen and oxygen atoms in total. The number of hydrogen-bond donors (Lipinski definition) is 2. The Bertz CT molecular complexity index is 494. The Morgan fingerprint density at radius 3 is 2.81 bits per heavy atom. The summed E-state index contributed by atoms with van der Waals surface area (Å²) in [7, 11) is 0. The molecule has 0 saturated heterocycles. The van der Waals surface area contributed by atoms with Crippen LogP contribution >= 0.6 is 0 Å². The van der Waals surface area contributed by atoms with E-state index >= 15 is 0 Å². The third kappa shape index (κ3) is 1.37. The summed E-state index contributed by atoms with van der Waals surface area (Å²) < 4.78 is 0. The zero-order valence-corrected chi connectivity index (χ0v) is 9.50. The van der Waals surface area contributed by atoms with E-state index in [2.05, 4.69) is 29.2 Å². The average Bonchev–Trinajstić information content (AvgIpc) is 2.70. The molecule has 0 spiro atoms. The number of nitrogens with one attached hydrogen (secondary N) is 1. The van der Waals surface area contributed by atoms with Crippen LogP contribution in [0, 0.1) is 0 Å². The first-order valence-electron chi connectivity index (χ1n) is 6.12. The van der Waals surface area contributed by atoms with Crippen molar-refractivity contribution >= 4 is 10.9 Å². The normalized spacial score (nSPS) is 18.6. The number of fused-ring (bicyclic) bond motifs is 1. The van der Waals surface area contributed by atoms with Crippen LogP contribution in [0.5, 0.6) is 0 Å². The summed E-state index contributed by atoms with van der Waals surface area (Å²) in [6.45, 7) is 0.797. The highest BCUT2D eigenvalue weighted by atomic mass is 14.7. The van der Waals surface area contributed by atoms with Crippen LogP contribution < -0.4 is 5.73 Å². The number of H-pyrrole nitrogens is 1. The van der Waals surface area contributed by atoms with Gasteiger partial charge in [0.25, 0.3) is 0 Å². The van der Waals surface area contributed by atoms with Crippen molar-refractivity contribution in [2.45, 2.75) is 31.1 Å². The van der Waals surface area contributed by atoms with Crippen molar-refractivity contribution in [2.24, 2.45) is 5.73 Å². The Hall–Kier alpha value is -1.28. The summed E-state index contributed by atoms with van der Waals surface area (Å²) in [5, 5.41) is 1.32. The Kier molecular flexibility index (Phi) is 2.25. The molecule has 0 radical (unpaired) electrons. The summed E-state index contributed by atoms with van der Waals surface area (Å²) in [6, 6.07) is 8.95. The molecule has 1 aromatic carbocycles. The first-order chi connectivity index (χ1) is 7.84. The smallest absolute Gasteiger partial charge is 0.0454 e. The highest BCUT2D eigenvalue weighted by Crippen LogP contribution is 2.46. The van der Waals surface area contributed by atoms with Gasteiger partial charge in [0.15, 0.2) is 0 Å². The lowest BCUT2D eigenvalue weighted by atomic mass is 9.62. The van der Waals surface area contributed by atoms with Crippen molar-refractivity contribution in [3.8, 4) is 0 Å². The molecule has 1 aliphatic rings. The largest absolute Gasteiger partial charge is 0.361 e. The molecule has 16 heavy (non-hydrogen) atoms. The molecule has 0 unspecified atom stereocenters. The average molecular weight is 214 g/mol. The molecule has 1 aliphatic carbocycles. The molecule has 2 heteroatoms. The van der Waals surface area contributed by atoms with Crippen molar-refractivity contribution < 1.29 is 0 Å². The molecule has 0 bridgehead atoms. The second-order valence-corrected chi connectivity index (χ2v) is 4.95. The Morgan fingerprint density at radius 1 is 1.25 bits per heavy atom. The fourth-order valence-corrected chi connectivity index (χ4v) is 2.95. The SMILES string of the molecule is NCCC1(c2ccc3[nH]ccc3c2)CCC1. The topological polar surface area (TPSA) is 41.8 Å². The summed E-state index contributed by atoms with van der Waals surface area (Å²) in [6.07, 6.45) is 7.10. The van der Waals surface area contributed by atoms with Gasteiger partial charge in [-0.15, -0.1) is 0 Å². The maximum absolute atomic E-state index is 5.75. The maximum atomic E-state index is 5.75. The van der Waals surface area contributed by atoms with Crippen LogP contribution in [0.2, 0.25) is 0 Å². The van der Waals surface area contributed by atoms with Gasteiger partial charge in [0.1, 0.15) is 0 Å². The van der Waals surface area contributed by atoms with E-state index in [9.17, 15) is 0 Å². The summed E-state index contributed by atoms with van der Waals surface area (Å²) in [5.41, 5.74) is 8.85. The van der Waals surface area contributed by atoms with E-state index in [-0.39, 0.29) is 0 Å². The molecule has 1 saturated carbocycles. The van der Waals surface area contributed by atoms with Gasteiger partial charge >= 0.3 is 0 Å². The first kappa shape index (κ1) is 9.91. The van der Waals surface area contributed by atoms with Crippen LogP contribution in [0.15, 0.2) is 30.5 Å². The second-order valence-electron chi connectivity index (χ2n) is 4.95. The van der Waals surface area contributed by atoms with Crippen LogP contribution in [0.3, 0.4) is 0 Å². The number of hydrogen-bond acceptors (Lipinski definition) is 1. The molecule has 3 rings (SSSR count). The van der Waals surface area contributed by atoms with Gasteiger partial charge in [-0.05, 0) is 60.4 Å². The van der Waals surface area contributed by atoms with Gasteiger partial charge in [0, 0.05) is 11.7 Å². The van der Waals surface area contributed by atoms with E-state index < -0.39 is 0 Å². The van der Waals surface area contributed by atoms with Crippen LogP contribution in [-0.2, 0) is 5.41 Å². The van der Waals surface area contributed by atoms with Gasteiger partial charge in [0.05, 0.1) is 0 Å². The van der Waals surface area contributed by atoms with Crippen molar-refractivity contribution in [3.05, 3.63) is 36.0 Å². The predicted molar refractivity (Wildman–Crippen MR) is 67.5 cm³/mol. The van der Waals surface area contributed by atoms with Crippen LogP contribution in [0.4, 0.5) is 0 Å². The second kappa shape index (κ2) is 3.63. The molecule has 1 fully saturated rings. The lowest BCUT2D eigenvalue weighted by Gasteiger charge is -2.42. The van der Waals surface area contributed by atoms with Gasteiger partial charge < -0.3 is 10.7 Å². The van der Waals surface area contributed by atoms with E-state index in [0.29, 0.717) is 5.41 Å². The van der Waals surface area contributed by atoms with E-state index in [1.807, 2.05) is 6.20 Å². The Balaban J connectivity index is 2.03. The molecular weight excluding hydrogens is 196 g/mol. The van der Waals surface area contributed by atoms with E-state index in [0.717, 1.165) is 13.0 Å². The highest BCUT2D eigenvalue weighted by molar-refractivity contribution is 5.80. The molecule has 2 aromatic rings. The van der Waals surface area contributed by atoms with Crippen LogP contribution in [0.1, 0.15) is 31.2 Å². The molecule has 84 valence electrons. The third-order valence-electron chi connectivity index (χ3n) is 4.10. The standard InChI is InChI=1S/C14H18N2/c15-8-7-14(5-1-6-14)12-2-3-13-11(10-12)4-9-16-13/h2-4,9-10,16H,1,5-8,15H2. The minimum absolute atomic E-state index is 0.389. The fourth-order valence-electron chi connectivity index (χ4n) is 2.95. The lowest BCUT2D eigenvalue weighted by Crippen LogP contribution is -2.36. The Morgan fingerprint density at radius 2 is 2.12 bits per heavy atom. The monoisotopic (exact) mass is 214 g/mol. The lowest BCUT2D eigenvalue weighted by molar-refractivity contribution is 0.229. The molecule has 3 N–H and O–H groups in total. The minimum atomic E-state index is 0.389. The van der Waals surface area contributed by atoms with Crippen LogP contribution in [0.25, 0.3) is 10.9 Å². The van der Waals surface area contributed by atoms with Gasteiger partial charge in [-0.2, -0.15) is 0 Å². The third-order valence-corrected chi connectivity index (χ3v) is 4.10. The molecule has 0 aliphatic heterocycles. The number of aromatic amines is 1. The molecule has 1 heterocycles. The zero-order valence-electron chi connectivity index (χ0n) is 9.50. The van der Waals surface area contributed by atoms with Crippen molar-refractivity contribution in [3.63, 3.8) is 0 Å². The quantitative estimate of drug-likeness (QED) is 0.810. The van der Waals surface area contributed by atoms with E-state index in [1.165, 1.54) is 35.7 Å². The van der Waals surface area contributed by atoms with Crippen LogP contribution in [-0.4, -0.2) is 11.5 Å². The molecule has 0 atom stereocenters. The fraction of sp³-hybridized carbons (Fsp3) is 0.429.